The van der Waals surface area contributed by atoms with Crippen molar-refractivity contribution in [3.8, 4) is 0 Å². The Balaban J connectivity index is 1.51. The lowest BCUT2D eigenvalue weighted by molar-refractivity contribution is -0.122. The normalized spacial score (nSPS) is 21.0. The van der Waals surface area contributed by atoms with Crippen LogP contribution in [0, 0.1) is 5.92 Å². The molecule has 0 unspecified atom stereocenters. The van der Waals surface area contributed by atoms with Crippen LogP contribution in [-0.4, -0.2) is 11.6 Å². The van der Waals surface area contributed by atoms with Crippen molar-refractivity contribution in [2.45, 2.75) is 19.3 Å². The molecule has 2 atom stereocenters. The molecule has 22 heavy (non-hydrogen) atoms. The molecule has 0 aliphatic heterocycles. The molecule has 0 saturated heterocycles. The molecule has 1 aromatic carbocycles. The molecule has 0 spiro atoms. The third-order valence-corrected chi connectivity index (χ3v) is 3.73. The number of carbonyl (C=O) groups excluding carboxylic acids is 1. The SMILES string of the molecule is CC(/C=C/c1ccco1)=NNC(=O)[C@@H]1C[C@H]1c1ccccc1. The summed E-state index contributed by atoms with van der Waals surface area (Å²) in [4.78, 5) is 12.1. The first-order valence-corrected chi connectivity index (χ1v) is 7.35. The molecule has 1 N–H and O–H groups in total. The summed E-state index contributed by atoms with van der Waals surface area (Å²) in [5.41, 5.74) is 4.59. The summed E-state index contributed by atoms with van der Waals surface area (Å²) in [6.45, 7) is 1.83. The summed E-state index contributed by atoms with van der Waals surface area (Å²) < 4.78 is 5.19. The minimum Gasteiger partial charge on any atom is -0.465 e. The molecule has 4 nitrogen and oxygen atoms in total. The number of benzene rings is 1. The van der Waals surface area contributed by atoms with Crippen molar-refractivity contribution in [3.05, 3.63) is 66.1 Å². The smallest absolute Gasteiger partial charge is 0.243 e. The van der Waals surface area contributed by atoms with Gasteiger partial charge in [0.15, 0.2) is 0 Å². The number of carbonyl (C=O) groups is 1. The third kappa shape index (κ3) is 3.52. The van der Waals surface area contributed by atoms with Crippen molar-refractivity contribution >= 4 is 17.7 Å². The minimum atomic E-state index is -0.0143. The second-order valence-corrected chi connectivity index (χ2v) is 5.44. The Labute approximate surface area is 129 Å². The van der Waals surface area contributed by atoms with Crippen LogP contribution in [0.5, 0.6) is 0 Å². The fraction of sp³-hybridized carbons (Fsp3) is 0.222. The fourth-order valence-electron chi connectivity index (χ4n) is 2.41. The Morgan fingerprint density at radius 3 is 2.82 bits per heavy atom. The molecule has 112 valence electrons. The number of nitrogens with one attached hydrogen (secondary N) is 1. The molecule has 3 rings (SSSR count). The number of furan rings is 1. The van der Waals surface area contributed by atoms with E-state index in [0.29, 0.717) is 5.92 Å². The zero-order valence-electron chi connectivity index (χ0n) is 12.4. The Morgan fingerprint density at radius 2 is 2.09 bits per heavy atom. The Kier molecular flexibility index (Phi) is 4.19. The van der Waals surface area contributed by atoms with Crippen molar-refractivity contribution < 1.29 is 9.21 Å². The molecule has 1 aliphatic rings. The second-order valence-electron chi connectivity index (χ2n) is 5.44. The van der Waals surface area contributed by atoms with Gasteiger partial charge in [-0.25, -0.2) is 5.43 Å². The standard InChI is InChI=1S/C18H18N2O2/c1-13(9-10-15-8-5-11-22-15)19-20-18(21)17-12-16(17)14-6-3-2-4-7-14/h2-11,16-17H,12H2,1H3,(H,20,21)/b10-9+,19-13?/t16-,17+/m0/s1. The number of hydrogen-bond acceptors (Lipinski definition) is 3. The number of nitrogens with zero attached hydrogens (tertiary/aromatic N) is 1. The highest BCUT2D eigenvalue weighted by atomic mass is 16.3. The van der Waals surface area contributed by atoms with Gasteiger partial charge in [-0.3, -0.25) is 4.79 Å². The van der Waals surface area contributed by atoms with Gasteiger partial charge in [-0.2, -0.15) is 5.10 Å². The van der Waals surface area contributed by atoms with Crippen LogP contribution in [0.15, 0.2) is 64.3 Å². The van der Waals surface area contributed by atoms with Crippen LogP contribution in [0.1, 0.15) is 30.6 Å². The Morgan fingerprint density at radius 1 is 1.27 bits per heavy atom. The maximum atomic E-state index is 12.1. The average Bonchev–Trinajstić information content (AvgIpc) is 3.19. The van der Waals surface area contributed by atoms with Gasteiger partial charge in [0.2, 0.25) is 5.91 Å². The quantitative estimate of drug-likeness (QED) is 0.677. The summed E-state index contributed by atoms with van der Waals surface area (Å²) in [6, 6.07) is 13.8. The van der Waals surface area contributed by atoms with Crippen molar-refractivity contribution in [2.24, 2.45) is 11.0 Å². The highest BCUT2D eigenvalue weighted by Gasteiger charge is 2.43. The van der Waals surface area contributed by atoms with E-state index in [9.17, 15) is 4.79 Å². The number of hydrazone groups is 1. The zero-order chi connectivity index (χ0) is 15.4. The van der Waals surface area contributed by atoms with Gasteiger partial charge in [-0.1, -0.05) is 30.3 Å². The van der Waals surface area contributed by atoms with E-state index in [0.717, 1.165) is 17.9 Å². The molecular weight excluding hydrogens is 276 g/mol. The molecule has 1 amide bonds. The van der Waals surface area contributed by atoms with Crippen LogP contribution in [0.2, 0.25) is 0 Å². The van der Waals surface area contributed by atoms with Crippen molar-refractivity contribution in [3.63, 3.8) is 0 Å². The van der Waals surface area contributed by atoms with Crippen LogP contribution >= 0.6 is 0 Å². The molecule has 4 heteroatoms. The van der Waals surface area contributed by atoms with Gasteiger partial charge >= 0.3 is 0 Å². The molecule has 0 radical (unpaired) electrons. The Bertz CT molecular complexity index is 687. The molecule has 1 saturated carbocycles. The predicted molar refractivity (Wildman–Crippen MR) is 86.3 cm³/mol. The van der Waals surface area contributed by atoms with Gasteiger partial charge in [0.05, 0.1) is 12.0 Å². The first-order valence-electron chi connectivity index (χ1n) is 7.35. The zero-order valence-corrected chi connectivity index (χ0v) is 12.4. The maximum absolute atomic E-state index is 12.1. The first kappa shape index (κ1) is 14.3. The molecule has 0 bridgehead atoms. The van der Waals surface area contributed by atoms with Crippen molar-refractivity contribution in [1.82, 2.24) is 5.43 Å². The van der Waals surface area contributed by atoms with Gasteiger partial charge < -0.3 is 4.42 Å². The second kappa shape index (κ2) is 6.43. The number of allylic oxidation sites excluding steroid dienone is 1. The Hall–Kier alpha value is -2.62. The van der Waals surface area contributed by atoms with Gasteiger partial charge in [0.25, 0.3) is 0 Å². The van der Waals surface area contributed by atoms with Crippen LogP contribution in [0.3, 0.4) is 0 Å². The molecule has 1 aliphatic carbocycles. The monoisotopic (exact) mass is 294 g/mol. The topological polar surface area (TPSA) is 54.6 Å². The predicted octanol–water partition coefficient (Wildman–Crippen LogP) is 3.59. The number of amides is 1. The van der Waals surface area contributed by atoms with E-state index in [4.69, 9.17) is 4.42 Å². The largest absolute Gasteiger partial charge is 0.465 e. The third-order valence-electron chi connectivity index (χ3n) is 3.73. The van der Waals surface area contributed by atoms with E-state index in [1.807, 2.05) is 43.3 Å². The molecule has 2 aromatic rings. The lowest BCUT2D eigenvalue weighted by Gasteiger charge is -2.00. The highest BCUT2D eigenvalue weighted by Crippen LogP contribution is 2.47. The van der Waals surface area contributed by atoms with Crippen LogP contribution in [-0.2, 0) is 4.79 Å². The summed E-state index contributed by atoms with van der Waals surface area (Å²) >= 11 is 0. The van der Waals surface area contributed by atoms with Crippen molar-refractivity contribution in [2.75, 3.05) is 0 Å². The van der Waals surface area contributed by atoms with Crippen LogP contribution in [0.4, 0.5) is 0 Å². The van der Waals surface area contributed by atoms with E-state index in [2.05, 4.69) is 22.7 Å². The van der Waals surface area contributed by atoms with Crippen molar-refractivity contribution in [1.29, 1.82) is 0 Å². The molecule has 1 heterocycles. The number of rotatable bonds is 5. The van der Waals surface area contributed by atoms with Gasteiger partial charge in [-0.15, -0.1) is 0 Å². The summed E-state index contributed by atoms with van der Waals surface area (Å²) in [7, 11) is 0. The number of hydrogen-bond donors (Lipinski definition) is 1. The first-order chi connectivity index (χ1) is 10.7. The molecular formula is C18H18N2O2. The fourth-order valence-corrected chi connectivity index (χ4v) is 2.41. The van der Waals surface area contributed by atoms with E-state index in [1.54, 1.807) is 12.3 Å². The lowest BCUT2D eigenvalue weighted by atomic mass is 10.1. The van der Waals surface area contributed by atoms with Gasteiger partial charge in [-0.05, 0) is 49.1 Å². The highest BCUT2D eigenvalue weighted by molar-refractivity contribution is 5.97. The minimum absolute atomic E-state index is 0.0143. The van der Waals surface area contributed by atoms with Gasteiger partial charge in [0.1, 0.15) is 5.76 Å². The van der Waals surface area contributed by atoms with E-state index in [1.165, 1.54) is 5.56 Å². The van der Waals surface area contributed by atoms with Crippen LogP contribution < -0.4 is 5.43 Å². The van der Waals surface area contributed by atoms with E-state index >= 15 is 0 Å². The molecule has 1 aromatic heterocycles. The van der Waals surface area contributed by atoms with Gasteiger partial charge in [0, 0.05) is 5.92 Å². The summed E-state index contributed by atoms with van der Waals surface area (Å²) in [6.07, 6.45) is 6.13. The molecule has 1 fully saturated rings. The maximum Gasteiger partial charge on any atom is 0.243 e. The summed E-state index contributed by atoms with van der Waals surface area (Å²) in [5.74, 6) is 1.11. The van der Waals surface area contributed by atoms with E-state index in [-0.39, 0.29) is 11.8 Å². The van der Waals surface area contributed by atoms with Crippen LogP contribution in [0.25, 0.3) is 6.08 Å². The average molecular weight is 294 g/mol. The lowest BCUT2D eigenvalue weighted by Crippen LogP contribution is -2.21. The van der Waals surface area contributed by atoms with E-state index < -0.39 is 0 Å². The summed E-state index contributed by atoms with van der Waals surface area (Å²) in [5, 5.41) is 4.10.